The third-order valence-electron chi connectivity index (χ3n) is 2.60. The van der Waals surface area contributed by atoms with Gasteiger partial charge in [-0.05, 0) is 22.4 Å². The van der Waals surface area contributed by atoms with Gasteiger partial charge in [0.1, 0.15) is 12.4 Å². The molecule has 1 aromatic carbocycles. The molecule has 0 N–H and O–H groups in total. The molecule has 0 saturated heterocycles. The van der Waals surface area contributed by atoms with Gasteiger partial charge in [0.05, 0.1) is 16.3 Å². The van der Waals surface area contributed by atoms with E-state index >= 15 is 0 Å². The first kappa shape index (κ1) is 11.2. The molecular formula is C12H7ClN4S. The fourth-order valence-electron chi connectivity index (χ4n) is 1.79. The molecule has 0 amide bonds. The van der Waals surface area contributed by atoms with Gasteiger partial charge in [0, 0.05) is 0 Å². The average molecular weight is 275 g/mol. The van der Waals surface area contributed by atoms with Crippen molar-refractivity contribution in [3.8, 4) is 6.07 Å². The van der Waals surface area contributed by atoms with Gasteiger partial charge in [0.25, 0.3) is 5.82 Å². The van der Waals surface area contributed by atoms with Crippen molar-refractivity contribution < 1.29 is 0 Å². The van der Waals surface area contributed by atoms with Gasteiger partial charge in [-0.2, -0.15) is 5.26 Å². The van der Waals surface area contributed by atoms with Gasteiger partial charge in [0.15, 0.2) is 0 Å². The van der Waals surface area contributed by atoms with Crippen LogP contribution in [0.4, 0.5) is 0 Å². The van der Waals surface area contributed by atoms with E-state index in [2.05, 4.69) is 15.5 Å². The highest BCUT2D eigenvalue weighted by molar-refractivity contribution is 7.18. The minimum absolute atomic E-state index is 0.188. The highest BCUT2D eigenvalue weighted by Crippen LogP contribution is 2.32. The van der Waals surface area contributed by atoms with E-state index in [0.717, 1.165) is 20.7 Å². The summed E-state index contributed by atoms with van der Waals surface area (Å²) in [6.07, 6.45) is 1.56. The Morgan fingerprint density at radius 3 is 3.11 bits per heavy atom. The van der Waals surface area contributed by atoms with Crippen LogP contribution in [0, 0.1) is 11.3 Å². The van der Waals surface area contributed by atoms with E-state index in [1.54, 1.807) is 22.3 Å². The van der Waals surface area contributed by atoms with Crippen LogP contribution < -0.4 is 0 Å². The highest BCUT2D eigenvalue weighted by Gasteiger charge is 2.08. The first-order valence-electron chi connectivity index (χ1n) is 5.22. The summed E-state index contributed by atoms with van der Waals surface area (Å²) in [5, 5.41) is 16.7. The van der Waals surface area contributed by atoms with Crippen molar-refractivity contribution in [1.29, 1.82) is 5.26 Å². The fraction of sp³-hybridized carbons (Fsp3) is 0.0833. The Bertz CT molecular complexity index is 753. The van der Waals surface area contributed by atoms with E-state index in [-0.39, 0.29) is 5.82 Å². The Kier molecular flexibility index (Phi) is 2.74. The van der Waals surface area contributed by atoms with E-state index in [1.807, 2.05) is 24.3 Å². The molecule has 3 aromatic rings. The lowest BCUT2D eigenvalue weighted by atomic mass is 10.2. The molecule has 18 heavy (non-hydrogen) atoms. The van der Waals surface area contributed by atoms with E-state index in [4.69, 9.17) is 16.9 Å². The zero-order valence-corrected chi connectivity index (χ0v) is 10.7. The lowest BCUT2D eigenvalue weighted by Crippen LogP contribution is -1.99. The predicted octanol–water partition coefficient (Wildman–Crippen LogP) is 3.07. The SMILES string of the molecule is N#Cc1ncn(Cc2csc3c(Cl)cccc23)n1. The molecule has 2 heterocycles. The number of hydrogen-bond donors (Lipinski definition) is 0. The van der Waals surface area contributed by atoms with Crippen LogP contribution in [-0.2, 0) is 6.54 Å². The number of rotatable bonds is 2. The van der Waals surface area contributed by atoms with Gasteiger partial charge >= 0.3 is 0 Å². The van der Waals surface area contributed by atoms with Crippen molar-refractivity contribution in [2.45, 2.75) is 6.54 Å². The van der Waals surface area contributed by atoms with Crippen molar-refractivity contribution in [3.05, 3.63) is 46.3 Å². The molecule has 4 nitrogen and oxygen atoms in total. The van der Waals surface area contributed by atoms with Crippen molar-refractivity contribution in [2.24, 2.45) is 0 Å². The van der Waals surface area contributed by atoms with Crippen LogP contribution in [0.5, 0.6) is 0 Å². The standard InChI is InChI=1S/C12H7ClN4S/c13-10-3-1-2-9-8(6-18-12(9)10)5-17-7-15-11(4-14)16-17/h1-3,6-7H,5H2. The zero-order valence-electron chi connectivity index (χ0n) is 9.17. The molecule has 0 aliphatic carbocycles. The number of thiophene rings is 1. The second kappa shape index (κ2) is 4.41. The number of nitrogens with zero attached hydrogens (tertiary/aromatic N) is 4. The van der Waals surface area contributed by atoms with Gasteiger partial charge in [-0.3, -0.25) is 0 Å². The Balaban J connectivity index is 2.00. The molecule has 6 heteroatoms. The summed E-state index contributed by atoms with van der Waals surface area (Å²) < 4.78 is 2.73. The highest BCUT2D eigenvalue weighted by atomic mass is 35.5. The Labute approximate surface area is 112 Å². The number of aromatic nitrogens is 3. The maximum atomic E-state index is 8.68. The van der Waals surface area contributed by atoms with Crippen molar-refractivity contribution in [3.63, 3.8) is 0 Å². The third kappa shape index (κ3) is 1.86. The van der Waals surface area contributed by atoms with Crippen LogP contribution in [0.15, 0.2) is 29.9 Å². The van der Waals surface area contributed by atoms with Crippen LogP contribution in [0.3, 0.4) is 0 Å². The zero-order chi connectivity index (χ0) is 12.5. The lowest BCUT2D eigenvalue weighted by Gasteiger charge is -1.99. The molecule has 0 bridgehead atoms. The smallest absolute Gasteiger partial charge is 0.247 e. The van der Waals surface area contributed by atoms with Crippen LogP contribution in [-0.4, -0.2) is 14.8 Å². The summed E-state index contributed by atoms with van der Waals surface area (Å²) in [5.74, 6) is 0.188. The largest absolute Gasteiger partial charge is 0.252 e. The maximum Gasteiger partial charge on any atom is 0.252 e. The number of halogens is 1. The third-order valence-corrected chi connectivity index (χ3v) is 4.11. The average Bonchev–Trinajstić information content (AvgIpc) is 2.98. The van der Waals surface area contributed by atoms with E-state index in [0.29, 0.717) is 6.54 Å². The molecule has 2 aromatic heterocycles. The summed E-state index contributed by atoms with van der Waals surface area (Å²) in [7, 11) is 0. The van der Waals surface area contributed by atoms with Gasteiger partial charge in [0.2, 0.25) is 0 Å². The Morgan fingerprint density at radius 2 is 2.33 bits per heavy atom. The van der Waals surface area contributed by atoms with E-state index < -0.39 is 0 Å². The number of nitriles is 1. The molecule has 0 aliphatic rings. The molecule has 0 saturated carbocycles. The quantitative estimate of drug-likeness (QED) is 0.722. The molecule has 88 valence electrons. The topological polar surface area (TPSA) is 54.5 Å². The maximum absolute atomic E-state index is 8.68. The number of benzene rings is 1. The van der Waals surface area contributed by atoms with Crippen molar-refractivity contribution in [1.82, 2.24) is 14.8 Å². The second-order valence-electron chi connectivity index (χ2n) is 3.76. The van der Waals surface area contributed by atoms with E-state index in [1.165, 1.54) is 0 Å². The summed E-state index contributed by atoms with van der Waals surface area (Å²) in [4.78, 5) is 3.88. The molecule has 0 spiro atoms. The first-order chi connectivity index (χ1) is 8.78. The van der Waals surface area contributed by atoms with Crippen LogP contribution in [0.2, 0.25) is 5.02 Å². The summed E-state index contributed by atoms with van der Waals surface area (Å²) in [6.45, 7) is 0.592. The number of hydrogen-bond acceptors (Lipinski definition) is 4. The molecule has 0 atom stereocenters. The molecule has 0 fully saturated rings. The molecular weight excluding hydrogens is 268 g/mol. The fourth-order valence-corrected chi connectivity index (χ4v) is 3.07. The van der Waals surface area contributed by atoms with E-state index in [9.17, 15) is 0 Å². The summed E-state index contributed by atoms with van der Waals surface area (Å²) in [6, 6.07) is 7.76. The van der Waals surface area contributed by atoms with Gasteiger partial charge in [-0.1, -0.05) is 23.7 Å². The van der Waals surface area contributed by atoms with Crippen LogP contribution in [0.25, 0.3) is 10.1 Å². The lowest BCUT2D eigenvalue weighted by molar-refractivity contribution is 0.687. The van der Waals surface area contributed by atoms with Crippen molar-refractivity contribution in [2.75, 3.05) is 0 Å². The monoisotopic (exact) mass is 274 g/mol. The molecule has 3 rings (SSSR count). The molecule has 0 radical (unpaired) electrons. The Morgan fingerprint density at radius 1 is 1.44 bits per heavy atom. The second-order valence-corrected chi connectivity index (χ2v) is 5.04. The number of fused-ring (bicyclic) bond motifs is 1. The van der Waals surface area contributed by atoms with Crippen molar-refractivity contribution >= 4 is 33.0 Å². The molecule has 0 aliphatic heterocycles. The normalized spacial score (nSPS) is 10.7. The van der Waals surface area contributed by atoms with Crippen LogP contribution in [0.1, 0.15) is 11.4 Å². The van der Waals surface area contributed by atoms with Crippen LogP contribution >= 0.6 is 22.9 Å². The minimum Gasteiger partial charge on any atom is -0.247 e. The van der Waals surface area contributed by atoms with Gasteiger partial charge < -0.3 is 0 Å². The predicted molar refractivity (Wildman–Crippen MR) is 70.7 cm³/mol. The molecule has 0 unspecified atom stereocenters. The van der Waals surface area contributed by atoms with Gasteiger partial charge in [-0.25, -0.2) is 9.67 Å². The first-order valence-corrected chi connectivity index (χ1v) is 6.48. The summed E-state index contributed by atoms with van der Waals surface area (Å²) >= 11 is 7.75. The summed E-state index contributed by atoms with van der Waals surface area (Å²) in [5.41, 5.74) is 1.13. The van der Waals surface area contributed by atoms with Gasteiger partial charge in [-0.15, -0.1) is 16.4 Å². The Hall–Kier alpha value is -1.90. The minimum atomic E-state index is 0.188.